The summed E-state index contributed by atoms with van der Waals surface area (Å²) in [5, 5.41) is 11.8. The average Bonchev–Trinajstić information content (AvgIpc) is 2.70. The molecule has 1 aliphatic rings. The molecule has 1 aromatic heterocycles. The summed E-state index contributed by atoms with van der Waals surface area (Å²) < 4.78 is 0. The SMILES string of the molecule is O=C(O)[C@@H]1CCCCN1c1nccs1. The van der Waals surface area contributed by atoms with Crippen molar-refractivity contribution in [3.8, 4) is 0 Å². The van der Waals surface area contributed by atoms with Crippen molar-refractivity contribution in [1.82, 2.24) is 4.98 Å². The number of anilines is 1. The second-order valence-electron chi connectivity index (χ2n) is 3.36. The van der Waals surface area contributed by atoms with E-state index in [1.165, 1.54) is 11.3 Å². The molecular formula is C9H12N2O2S. The van der Waals surface area contributed by atoms with Crippen molar-refractivity contribution in [2.24, 2.45) is 0 Å². The van der Waals surface area contributed by atoms with Gasteiger partial charge in [0, 0.05) is 18.1 Å². The average molecular weight is 212 g/mol. The Labute approximate surface area is 86.2 Å². The van der Waals surface area contributed by atoms with E-state index in [-0.39, 0.29) is 6.04 Å². The maximum absolute atomic E-state index is 11.0. The summed E-state index contributed by atoms with van der Waals surface area (Å²) in [5.41, 5.74) is 0. The third-order valence-corrected chi connectivity index (χ3v) is 3.26. The molecule has 0 aliphatic carbocycles. The van der Waals surface area contributed by atoms with Crippen LogP contribution in [0.1, 0.15) is 19.3 Å². The molecule has 0 bridgehead atoms. The predicted molar refractivity (Wildman–Crippen MR) is 54.7 cm³/mol. The predicted octanol–water partition coefficient (Wildman–Crippen LogP) is 1.59. The Hall–Kier alpha value is -1.10. The lowest BCUT2D eigenvalue weighted by atomic mass is 10.0. The van der Waals surface area contributed by atoms with Crippen LogP contribution in [0, 0.1) is 0 Å². The van der Waals surface area contributed by atoms with Crippen molar-refractivity contribution in [3.05, 3.63) is 11.6 Å². The lowest BCUT2D eigenvalue weighted by Gasteiger charge is -2.32. The fourth-order valence-electron chi connectivity index (χ4n) is 1.78. The fraction of sp³-hybridized carbons (Fsp3) is 0.556. The molecule has 1 N–H and O–H groups in total. The first-order chi connectivity index (χ1) is 6.79. The summed E-state index contributed by atoms with van der Waals surface area (Å²) in [5.74, 6) is -0.736. The molecule has 5 heteroatoms. The number of piperidine rings is 1. The van der Waals surface area contributed by atoms with Crippen LogP contribution >= 0.6 is 11.3 Å². The van der Waals surface area contributed by atoms with Gasteiger partial charge in [-0.05, 0) is 19.3 Å². The zero-order valence-corrected chi connectivity index (χ0v) is 8.54. The highest BCUT2D eigenvalue weighted by Crippen LogP contribution is 2.26. The minimum absolute atomic E-state index is 0.380. The number of hydrogen-bond acceptors (Lipinski definition) is 4. The van der Waals surface area contributed by atoms with Gasteiger partial charge in [-0.25, -0.2) is 9.78 Å². The molecule has 1 aromatic rings. The van der Waals surface area contributed by atoms with Gasteiger partial charge >= 0.3 is 5.97 Å². The third-order valence-electron chi connectivity index (χ3n) is 2.45. The van der Waals surface area contributed by atoms with Crippen molar-refractivity contribution in [1.29, 1.82) is 0 Å². The molecule has 0 unspecified atom stereocenters. The van der Waals surface area contributed by atoms with E-state index in [1.807, 2.05) is 10.3 Å². The van der Waals surface area contributed by atoms with E-state index < -0.39 is 5.97 Å². The number of rotatable bonds is 2. The van der Waals surface area contributed by atoms with Gasteiger partial charge in [-0.15, -0.1) is 11.3 Å². The number of carbonyl (C=O) groups is 1. The van der Waals surface area contributed by atoms with Crippen molar-refractivity contribution in [2.45, 2.75) is 25.3 Å². The second kappa shape index (κ2) is 3.96. The van der Waals surface area contributed by atoms with Gasteiger partial charge in [-0.2, -0.15) is 0 Å². The smallest absolute Gasteiger partial charge is 0.326 e. The minimum Gasteiger partial charge on any atom is -0.480 e. The van der Waals surface area contributed by atoms with E-state index in [1.54, 1.807) is 6.20 Å². The van der Waals surface area contributed by atoms with Crippen LogP contribution in [-0.4, -0.2) is 28.6 Å². The number of thiazole rings is 1. The number of carboxylic acid groups (broad SMARTS) is 1. The molecule has 4 nitrogen and oxygen atoms in total. The topological polar surface area (TPSA) is 53.4 Å². The quantitative estimate of drug-likeness (QED) is 0.808. The molecule has 1 atom stereocenters. The maximum Gasteiger partial charge on any atom is 0.326 e. The van der Waals surface area contributed by atoms with E-state index in [9.17, 15) is 4.79 Å². The van der Waals surface area contributed by atoms with Crippen LogP contribution in [0.5, 0.6) is 0 Å². The number of hydrogen-bond donors (Lipinski definition) is 1. The van der Waals surface area contributed by atoms with Gasteiger partial charge in [0.05, 0.1) is 0 Å². The summed E-state index contributed by atoms with van der Waals surface area (Å²) in [6, 6.07) is -0.380. The lowest BCUT2D eigenvalue weighted by Crippen LogP contribution is -2.44. The molecule has 2 rings (SSSR count). The molecule has 2 heterocycles. The van der Waals surface area contributed by atoms with Crippen LogP contribution in [0.3, 0.4) is 0 Å². The molecular weight excluding hydrogens is 200 g/mol. The van der Waals surface area contributed by atoms with Crippen LogP contribution < -0.4 is 4.90 Å². The van der Waals surface area contributed by atoms with Gasteiger partial charge in [-0.3, -0.25) is 0 Å². The first-order valence-electron chi connectivity index (χ1n) is 4.68. The molecule has 1 saturated heterocycles. The van der Waals surface area contributed by atoms with E-state index in [2.05, 4.69) is 4.98 Å². The molecule has 0 amide bonds. The van der Waals surface area contributed by atoms with Crippen molar-refractivity contribution in [2.75, 3.05) is 11.4 Å². The van der Waals surface area contributed by atoms with Crippen LogP contribution in [0.15, 0.2) is 11.6 Å². The summed E-state index contributed by atoms with van der Waals surface area (Å²) in [6.45, 7) is 0.810. The van der Waals surface area contributed by atoms with Gasteiger partial charge in [0.1, 0.15) is 6.04 Å². The Bertz CT molecular complexity index is 313. The Morgan fingerprint density at radius 1 is 1.64 bits per heavy atom. The number of aliphatic carboxylic acids is 1. The zero-order chi connectivity index (χ0) is 9.97. The summed E-state index contributed by atoms with van der Waals surface area (Å²) in [4.78, 5) is 17.0. The standard InChI is InChI=1S/C9H12N2O2S/c12-8(13)7-3-1-2-5-11(7)9-10-4-6-14-9/h4,6-7H,1-3,5H2,(H,12,13)/t7-/m0/s1. The van der Waals surface area contributed by atoms with Crippen LogP contribution in [-0.2, 0) is 4.79 Å². The third kappa shape index (κ3) is 1.72. The summed E-state index contributed by atoms with van der Waals surface area (Å²) >= 11 is 1.50. The molecule has 14 heavy (non-hydrogen) atoms. The number of nitrogens with zero attached hydrogens (tertiary/aromatic N) is 2. The molecule has 0 saturated carbocycles. The maximum atomic E-state index is 11.0. The highest BCUT2D eigenvalue weighted by atomic mass is 32.1. The van der Waals surface area contributed by atoms with Gasteiger partial charge in [0.25, 0.3) is 0 Å². The zero-order valence-electron chi connectivity index (χ0n) is 7.72. The largest absolute Gasteiger partial charge is 0.480 e. The molecule has 1 fully saturated rings. The highest BCUT2D eigenvalue weighted by Gasteiger charge is 2.29. The highest BCUT2D eigenvalue weighted by molar-refractivity contribution is 7.13. The first kappa shape index (κ1) is 9.45. The number of carboxylic acids is 1. The van der Waals surface area contributed by atoms with Crippen LogP contribution in [0.2, 0.25) is 0 Å². The van der Waals surface area contributed by atoms with Gasteiger partial charge in [-0.1, -0.05) is 0 Å². The lowest BCUT2D eigenvalue weighted by molar-refractivity contribution is -0.139. The molecule has 1 aliphatic heterocycles. The van der Waals surface area contributed by atoms with Crippen LogP contribution in [0.25, 0.3) is 0 Å². The van der Waals surface area contributed by atoms with E-state index in [0.29, 0.717) is 0 Å². The van der Waals surface area contributed by atoms with Gasteiger partial charge in [0.15, 0.2) is 5.13 Å². The number of aromatic nitrogens is 1. The Kier molecular flexibility index (Phi) is 2.67. The second-order valence-corrected chi connectivity index (χ2v) is 4.23. The molecule has 76 valence electrons. The van der Waals surface area contributed by atoms with E-state index in [4.69, 9.17) is 5.11 Å². The van der Waals surface area contributed by atoms with Gasteiger partial charge < -0.3 is 10.0 Å². The normalized spacial score (nSPS) is 22.3. The van der Waals surface area contributed by atoms with Crippen molar-refractivity contribution in [3.63, 3.8) is 0 Å². The minimum atomic E-state index is -0.736. The molecule has 0 aromatic carbocycles. The van der Waals surface area contributed by atoms with Crippen molar-refractivity contribution < 1.29 is 9.90 Å². The Balaban J connectivity index is 2.18. The first-order valence-corrected chi connectivity index (χ1v) is 5.56. The monoisotopic (exact) mass is 212 g/mol. The fourth-order valence-corrected chi connectivity index (χ4v) is 2.49. The molecule has 0 radical (unpaired) electrons. The summed E-state index contributed by atoms with van der Waals surface area (Å²) in [6.07, 6.45) is 4.50. The van der Waals surface area contributed by atoms with E-state index >= 15 is 0 Å². The van der Waals surface area contributed by atoms with Crippen LogP contribution in [0.4, 0.5) is 5.13 Å². The summed E-state index contributed by atoms with van der Waals surface area (Å²) in [7, 11) is 0. The molecule has 0 spiro atoms. The Morgan fingerprint density at radius 3 is 3.14 bits per heavy atom. The van der Waals surface area contributed by atoms with Gasteiger partial charge in [0.2, 0.25) is 0 Å². The van der Waals surface area contributed by atoms with Crippen molar-refractivity contribution >= 4 is 22.4 Å². The van der Waals surface area contributed by atoms with E-state index in [0.717, 1.165) is 30.9 Å². The Morgan fingerprint density at radius 2 is 2.50 bits per heavy atom.